The number of rotatable bonds is 6. The number of hydroxylamine groups is 1. The van der Waals surface area contributed by atoms with Crippen LogP contribution >= 0.6 is 0 Å². The molecule has 0 bridgehead atoms. The third-order valence-electron chi connectivity index (χ3n) is 4.17. The third-order valence-corrected chi connectivity index (χ3v) is 5.48. The quantitative estimate of drug-likeness (QED) is 0.560. The molecule has 1 fully saturated rings. The van der Waals surface area contributed by atoms with E-state index < -0.39 is 27.7 Å². The van der Waals surface area contributed by atoms with Gasteiger partial charge in [-0.1, -0.05) is 4.83 Å². The number of hydrogen-bond acceptors (Lipinski definition) is 6. The van der Waals surface area contributed by atoms with Gasteiger partial charge in [-0.05, 0) is 61.4 Å². The van der Waals surface area contributed by atoms with E-state index in [1.807, 2.05) is 4.83 Å². The fourth-order valence-corrected chi connectivity index (χ4v) is 3.57. The molecule has 8 nitrogen and oxygen atoms in total. The highest BCUT2D eigenvalue weighted by Gasteiger charge is 2.29. The first kappa shape index (κ1) is 20.2. The number of ether oxygens (including phenoxy) is 2. The van der Waals surface area contributed by atoms with Crippen molar-refractivity contribution in [3.05, 3.63) is 54.3 Å². The normalized spacial score (nSPS) is 15.2. The summed E-state index contributed by atoms with van der Waals surface area (Å²) in [4.78, 5) is 13.8. The van der Waals surface area contributed by atoms with Crippen molar-refractivity contribution in [2.75, 3.05) is 13.2 Å². The SMILES string of the molecule is O=C(C1CCOCC1)N(O)NS(=O)(=O)c1ccc(Oc2ccc(F)cc2)cc1. The Kier molecular flexibility index (Phi) is 6.25. The van der Waals surface area contributed by atoms with Crippen LogP contribution in [0.5, 0.6) is 11.5 Å². The zero-order chi connectivity index (χ0) is 20.1. The lowest BCUT2D eigenvalue weighted by Gasteiger charge is -2.24. The van der Waals surface area contributed by atoms with E-state index >= 15 is 0 Å². The summed E-state index contributed by atoms with van der Waals surface area (Å²) in [5.74, 6) is -0.914. The number of amides is 1. The van der Waals surface area contributed by atoms with Crippen LogP contribution in [0.3, 0.4) is 0 Å². The number of hydrogen-bond donors (Lipinski definition) is 2. The number of halogens is 1. The Labute approximate surface area is 161 Å². The van der Waals surface area contributed by atoms with Crippen molar-refractivity contribution >= 4 is 15.9 Å². The highest BCUT2D eigenvalue weighted by Crippen LogP contribution is 2.23. The monoisotopic (exact) mass is 410 g/mol. The summed E-state index contributed by atoms with van der Waals surface area (Å²) in [5, 5.41) is 9.84. The van der Waals surface area contributed by atoms with Crippen LogP contribution in [0.1, 0.15) is 12.8 Å². The van der Waals surface area contributed by atoms with Crippen molar-refractivity contribution in [3.63, 3.8) is 0 Å². The summed E-state index contributed by atoms with van der Waals surface area (Å²) in [6.45, 7) is 0.763. The van der Waals surface area contributed by atoms with Crippen molar-refractivity contribution in [1.29, 1.82) is 0 Å². The molecule has 1 heterocycles. The lowest BCUT2D eigenvalue weighted by atomic mass is 10.00. The molecular weight excluding hydrogens is 391 g/mol. The highest BCUT2D eigenvalue weighted by molar-refractivity contribution is 7.89. The van der Waals surface area contributed by atoms with Gasteiger partial charge in [-0.25, -0.2) is 12.8 Å². The van der Waals surface area contributed by atoms with E-state index in [9.17, 15) is 22.8 Å². The molecule has 0 saturated carbocycles. The average molecular weight is 410 g/mol. The fourth-order valence-electron chi connectivity index (χ4n) is 2.65. The van der Waals surface area contributed by atoms with Crippen LogP contribution in [0.15, 0.2) is 53.4 Å². The maximum Gasteiger partial charge on any atom is 0.265 e. The Morgan fingerprint density at radius 2 is 1.61 bits per heavy atom. The second kappa shape index (κ2) is 8.65. The van der Waals surface area contributed by atoms with Crippen LogP contribution in [0.2, 0.25) is 0 Å². The van der Waals surface area contributed by atoms with Crippen LogP contribution in [0, 0.1) is 11.7 Å². The smallest absolute Gasteiger partial charge is 0.265 e. The second-order valence-corrected chi connectivity index (χ2v) is 7.82. The Bertz CT molecular complexity index is 912. The van der Waals surface area contributed by atoms with Crippen molar-refractivity contribution < 1.29 is 32.3 Å². The number of benzene rings is 2. The van der Waals surface area contributed by atoms with E-state index in [2.05, 4.69) is 0 Å². The molecule has 0 atom stereocenters. The van der Waals surface area contributed by atoms with E-state index in [1.54, 1.807) is 0 Å². The van der Waals surface area contributed by atoms with Crippen molar-refractivity contribution in [1.82, 2.24) is 10.0 Å². The molecule has 0 aromatic heterocycles. The van der Waals surface area contributed by atoms with Gasteiger partial charge >= 0.3 is 0 Å². The summed E-state index contributed by atoms with van der Waals surface area (Å²) in [5.41, 5.74) is 0. The fraction of sp³-hybridized carbons (Fsp3) is 0.278. The number of carbonyl (C=O) groups is 1. The Morgan fingerprint density at radius 1 is 1.07 bits per heavy atom. The predicted octanol–water partition coefficient (Wildman–Crippen LogP) is 2.46. The van der Waals surface area contributed by atoms with Crippen LogP contribution in [0.4, 0.5) is 4.39 Å². The minimum absolute atomic E-state index is 0.00818. The largest absolute Gasteiger partial charge is 0.457 e. The Balaban J connectivity index is 1.64. The minimum atomic E-state index is -4.17. The summed E-state index contributed by atoms with van der Waals surface area (Å²) in [6.07, 6.45) is 0.820. The van der Waals surface area contributed by atoms with E-state index in [0.717, 1.165) is 0 Å². The molecule has 1 saturated heterocycles. The first-order valence-corrected chi connectivity index (χ1v) is 10.00. The molecular formula is C18H19FN2O6S. The highest BCUT2D eigenvalue weighted by atomic mass is 32.2. The van der Waals surface area contributed by atoms with E-state index in [1.165, 1.54) is 48.5 Å². The van der Waals surface area contributed by atoms with Crippen molar-refractivity contribution in [2.45, 2.75) is 17.7 Å². The van der Waals surface area contributed by atoms with E-state index in [-0.39, 0.29) is 10.1 Å². The van der Waals surface area contributed by atoms with Gasteiger partial charge in [-0.15, -0.1) is 5.17 Å². The maximum atomic E-state index is 12.9. The molecule has 10 heteroatoms. The zero-order valence-corrected chi connectivity index (χ0v) is 15.6. The minimum Gasteiger partial charge on any atom is -0.457 e. The van der Waals surface area contributed by atoms with Gasteiger partial charge in [0.25, 0.3) is 15.9 Å². The van der Waals surface area contributed by atoms with Gasteiger partial charge in [0.05, 0.1) is 4.90 Å². The Morgan fingerprint density at radius 3 is 2.18 bits per heavy atom. The third kappa shape index (κ3) is 5.04. The summed E-state index contributed by atoms with van der Waals surface area (Å²) in [7, 11) is -4.17. The standard InChI is InChI=1S/C18H19FN2O6S/c19-14-1-3-15(4-2-14)27-16-5-7-17(8-6-16)28(24,25)20-21(23)18(22)13-9-11-26-12-10-13/h1-8,13,20,23H,9-12H2. The van der Waals surface area contributed by atoms with Crippen LogP contribution < -0.4 is 9.57 Å². The lowest BCUT2D eigenvalue weighted by Crippen LogP contribution is -2.47. The van der Waals surface area contributed by atoms with Gasteiger partial charge in [-0.3, -0.25) is 10.0 Å². The van der Waals surface area contributed by atoms with Gasteiger partial charge < -0.3 is 9.47 Å². The maximum absolute atomic E-state index is 12.9. The van der Waals surface area contributed by atoms with E-state index in [4.69, 9.17) is 9.47 Å². The van der Waals surface area contributed by atoms with Gasteiger partial charge in [0.15, 0.2) is 0 Å². The Hall–Kier alpha value is -2.53. The first-order valence-electron chi connectivity index (χ1n) is 8.52. The lowest BCUT2D eigenvalue weighted by molar-refractivity contribution is -0.179. The topological polar surface area (TPSA) is 105 Å². The molecule has 1 aliphatic rings. The number of sulfonamides is 1. The molecule has 3 rings (SSSR count). The molecule has 0 spiro atoms. The van der Waals surface area contributed by atoms with Gasteiger partial charge in [0.1, 0.15) is 17.3 Å². The van der Waals surface area contributed by atoms with Gasteiger partial charge in [-0.2, -0.15) is 0 Å². The van der Waals surface area contributed by atoms with Crippen LogP contribution in [0.25, 0.3) is 0 Å². The molecule has 2 aromatic carbocycles. The molecule has 1 amide bonds. The zero-order valence-electron chi connectivity index (χ0n) is 14.7. The molecule has 0 unspecified atom stereocenters. The van der Waals surface area contributed by atoms with Gasteiger partial charge in [0, 0.05) is 19.1 Å². The van der Waals surface area contributed by atoms with Crippen LogP contribution in [-0.4, -0.2) is 37.9 Å². The summed E-state index contributed by atoms with van der Waals surface area (Å²) < 4.78 is 48.3. The predicted molar refractivity (Wildman–Crippen MR) is 95.4 cm³/mol. The first-order chi connectivity index (χ1) is 13.3. The van der Waals surface area contributed by atoms with Crippen molar-refractivity contribution in [2.24, 2.45) is 5.92 Å². The van der Waals surface area contributed by atoms with Crippen molar-refractivity contribution in [3.8, 4) is 11.5 Å². The molecule has 28 heavy (non-hydrogen) atoms. The average Bonchev–Trinajstić information content (AvgIpc) is 2.70. The second-order valence-electron chi connectivity index (χ2n) is 6.16. The number of nitrogens with one attached hydrogen (secondary N) is 1. The molecule has 0 aliphatic carbocycles. The number of carbonyl (C=O) groups excluding carboxylic acids is 1. The number of hydrazine groups is 1. The van der Waals surface area contributed by atoms with Crippen LogP contribution in [-0.2, 0) is 19.6 Å². The summed E-state index contributed by atoms with van der Waals surface area (Å²) in [6, 6.07) is 10.7. The molecule has 2 N–H and O–H groups in total. The molecule has 0 radical (unpaired) electrons. The number of nitrogens with zero attached hydrogens (tertiary/aromatic N) is 1. The molecule has 2 aromatic rings. The van der Waals surface area contributed by atoms with Gasteiger partial charge in [0.2, 0.25) is 0 Å². The summed E-state index contributed by atoms with van der Waals surface area (Å²) >= 11 is 0. The van der Waals surface area contributed by atoms with E-state index in [0.29, 0.717) is 37.6 Å². The molecule has 150 valence electrons. The molecule has 1 aliphatic heterocycles.